The van der Waals surface area contributed by atoms with Crippen molar-refractivity contribution in [1.82, 2.24) is 30.4 Å². The van der Waals surface area contributed by atoms with Crippen molar-refractivity contribution in [1.29, 1.82) is 0 Å². The van der Waals surface area contributed by atoms with Gasteiger partial charge in [0.25, 0.3) is 12.3 Å². The molecule has 3 heterocycles. The topological polar surface area (TPSA) is 96.8 Å². The number of aromatic nitrogens is 4. The molecular formula is C15H19F2N7O. The van der Waals surface area contributed by atoms with Gasteiger partial charge in [-0.1, -0.05) is 0 Å². The monoisotopic (exact) mass is 351 g/mol. The number of hydrogen-bond acceptors (Lipinski definition) is 6. The molecule has 134 valence electrons. The first-order valence-corrected chi connectivity index (χ1v) is 8.02. The summed E-state index contributed by atoms with van der Waals surface area (Å²) in [6.45, 7) is 1.31. The highest BCUT2D eigenvalue weighted by Crippen LogP contribution is 2.11. The summed E-state index contributed by atoms with van der Waals surface area (Å²) in [6.07, 6.45) is 3.60. The fourth-order valence-electron chi connectivity index (χ4n) is 2.53. The molecule has 0 radical (unpaired) electrons. The largest absolute Gasteiger partial charge is 0.349 e. The van der Waals surface area contributed by atoms with Gasteiger partial charge in [-0.3, -0.25) is 9.48 Å². The Kier molecular flexibility index (Phi) is 5.49. The second-order valence-electron chi connectivity index (χ2n) is 5.73. The average Bonchev–Trinajstić information content (AvgIpc) is 3.02. The van der Waals surface area contributed by atoms with E-state index in [1.54, 1.807) is 6.07 Å². The Bertz CT molecular complexity index is 698. The highest BCUT2D eigenvalue weighted by Gasteiger charge is 2.17. The van der Waals surface area contributed by atoms with E-state index in [0.29, 0.717) is 11.4 Å². The van der Waals surface area contributed by atoms with E-state index < -0.39 is 13.0 Å². The minimum absolute atomic E-state index is 0.158. The predicted octanol–water partition coefficient (Wildman–Crippen LogP) is 1.16. The fourth-order valence-corrected chi connectivity index (χ4v) is 2.53. The number of amides is 1. The van der Waals surface area contributed by atoms with Gasteiger partial charge in [-0.25, -0.2) is 18.7 Å². The van der Waals surface area contributed by atoms with E-state index in [2.05, 4.69) is 31.0 Å². The Balaban J connectivity index is 1.56. The molecule has 0 atom stereocenters. The molecule has 0 unspecified atom stereocenters. The molecule has 0 aliphatic carbocycles. The molecule has 1 fully saturated rings. The van der Waals surface area contributed by atoms with Crippen LogP contribution in [0.4, 0.5) is 20.5 Å². The molecule has 0 saturated carbocycles. The van der Waals surface area contributed by atoms with Crippen molar-refractivity contribution in [2.75, 3.05) is 18.4 Å². The summed E-state index contributed by atoms with van der Waals surface area (Å²) < 4.78 is 25.7. The summed E-state index contributed by atoms with van der Waals surface area (Å²) in [7, 11) is 0. The Hall–Kier alpha value is -2.62. The smallest absolute Gasteiger partial charge is 0.257 e. The van der Waals surface area contributed by atoms with Crippen LogP contribution in [0.3, 0.4) is 0 Å². The van der Waals surface area contributed by atoms with Gasteiger partial charge in [0.15, 0.2) is 5.82 Å². The Morgan fingerprint density at radius 2 is 2.04 bits per heavy atom. The highest BCUT2D eigenvalue weighted by molar-refractivity contribution is 5.93. The highest BCUT2D eigenvalue weighted by atomic mass is 19.3. The van der Waals surface area contributed by atoms with Crippen molar-refractivity contribution in [2.24, 2.45) is 0 Å². The quantitative estimate of drug-likeness (QED) is 0.723. The molecule has 1 saturated heterocycles. The zero-order valence-electron chi connectivity index (χ0n) is 13.5. The molecule has 0 aromatic carbocycles. The Labute approximate surface area is 143 Å². The molecular weight excluding hydrogens is 332 g/mol. The van der Waals surface area contributed by atoms with E-state index in [4.69, 9.17) is 0 Å². The third-order valence-corrected chi connectivity index (χ3v) is 3.79. The SMILES string of the molecule is O=C(NC1CCNCC1)c1cnc(Nc2ccn(CC(F)F)n2)nc1. The molecule has 10 heteroatoms. The molecule has 8 nitrogen and oxygen atoms in total. The molecule has 1 amide bonds. The van der Waals surface area contributed by atoms with Crippen LogP contribution in [0.5, 0.6) is 0 Å². The number of rotatable bonds is 6. The van der Waals surface area contributed by atoms with Gasteiger partial charge in [-0.05, 0) is 25.9 Å². The maximum Gasteiger partial charge on any atom is 0.257 e. The van der Waals surface area contributed by atoms with E-state index in [1.807, 2.05) is 0 Å². The molecule has 0 bridgehead atoms. The van der Waals surface area contributed by atoms with Gasteiger partial charge in [-0.2, -0.15) is 5.10 Å². The van der Waals surface area contributed by atoms with Gasteiger partial charge in [0.2, 0.25) is 5.95 Å². The number of carbonyl (C=O) groups is 1. The number of carbonyl (C=O) groups excluding carboxylic acids is 1. The summed E-state index contributed by atoms with van der Waals surface area (Å²) >= 11 is 0. The van der Waals surface area contributed by atoms with Crippen LogP contribution in [0.25, 0.3) is 0 Å². The number of nitrogens with zero attached hydrogens (tertiary/aromatic N) is 4. The van der Waals surface area contributed by atoms with Crippen LogP contribution in [-0.4, -0.2) is 51.2 Å². The van der Waals surface area contributed by atoms with Crippen LogP contribution >= 0.6 is 0 Å². The van der Waals surface area contributed by atoms with Gasteiger partial charge in [0.1, 0.15) is 6.54 Å². The summed E-state index contributed by atoms with van der Waals surface area (Å²) in [4.78, 5) is 20.3. The lowest BCUT2D eigenvalue weighted by Gasteiger charge is -2.23. The molecule has 25 heavy (non-hydrogen) atoms. The number of hydrogen-bond donors (Lipinski definition) is 3. The van der Waals surface area contributed by atoms with E-state index in [-0.39, 0.29) is 17.9 Å². The van der Waals surface area contributed by atoms with Gasteiger partial charge in [0, 0.05) is 30.7 Å². The molecule has 1 aliphatic rings. The molecule has 2 aromatic rings. The first kappa shape index (κ1) is 17.2. The third kappa shape index (κ3) is 4.92. The van der Waals surface area contributed by atoms with Gasteiger partial charge >= 0.3 is 0 Å². The number of anilines is 2. The molecule has 2 aromatic heterocycles. The second-order valence-corrected chi connectivity index (χ2v) is 5.73. The van der Waals surface area contributed by atoms with Crippen LogP contribution in [0.2, 0.25) is 0 Å². The molecule has 3 rings (SSSR count). The zero-order chi connectivity index (χ0) is 17.6. The first-order chi connectivity index (χ1) is 12.1. The van der Waals surface area contributed by atoms with E-state index in [9.17, 15) is 13.6 Å². The predicted molar refractivity (Wildman–Crippen MR) is 86.9 cm³/mol. The van der Waals surface area contributed by atoms with Gasteiger partial charge in [-0.15, -0.1) is 0 Å². The number of nitrogens with one attached hydrogen (secondary N) is 3. The minimum Gasteiger partial charge on any atom is -0.349 e. The number of piperidine rings is 1. The van der Waals surface area contributed by atoms with Crippen LogP contribution in [0.15, 0.2) is 24.7 Å². The zero-order valence-corrected chi connectivity index (χ0v) is 13.5. The van der Waals surface area contributed by atoms with E-state index >= 15 is 0 Å². The Morgan fingerprint density at radius 1 is 1.32 bits per heavy atom. The maximum absolute atomic E-state index is 12.3. The summed E-state index contributed by atoms with van der Waals surface area (Å²) in [5, 5.41) is 12.9. The standard InChI is InChI=1S/C15H19F2N7O/c16-12(17)9-24-6-3-13(23-24)22-15-19-7-10(8-20-15)14(25)21-11-1-4-18-5-2-11/h3,6-8,11-12,18H,1-2,4-5,9H2,(H,21,25)(H,19,20,22,23). The van der Waals surface area contributed by atoms with Crippen molar-refractivity contribution in [3.8, 4) is 0 Å². The summed E-state index contributed by atoms with van der Waals surface area (Å²) in [5.74, 6) is 0.382. The van der Waals surface area contributed by atoms with Crippen LogP contribution in [0, 0.1) is 0 Å². The number of halogens is 2. The average molecular weight is 351 g/mol. The fraction of sp³-hybridized carbons (Fsp3) is 0.467. The Morgan fingerprint density at radius 3 is 2.72 bits per heavy atom. The van der Waals surface area contributed by atoms with Crippen LogP contribution in [0.1, 0.15) is 23.2 Å². The van der Waals surface area contributed by atoms with Crippen molar-refractivity contribution in [3.05, 3.63) is 30.2 Å². The van der Waals surface area contributed by atoms with Crippen molar-refractivity contribution < 1.29 is 13.6 Å². The molecule has 3 N–H and O–H groups in total. The lowest BCUT2D eigenvalue weighted by molar-refractivity contribution is 0.0928. The summed E-state index contributed by atoms with van der Waals surface area (Å²) in [6, 6.07) is 1.70. The van der Waals surface area contributed by atoms with E-state index in [0.717, 1.165) is 30.6 Å². The minimum atomic E-state index is -2.47. The maximum atomic E-state index is 12.3. The van der Waals surface area contributed by atoms with Gasteiger partial charge in [0.05, 0.1) is 5.56 Å². The lowest BCUT2D eigenvalue weighted by atomic mass is 10.1. The molecule has 1 aliphatic heterocycles. The normalized spacial score (nSPS) is 15.3. The van der Waals surface area contributed by atoms with Crippen molar-refractivity contribution in [3.63, 3.8) is 0 Å². The van der Waals surface area contributed by atoms with Crippen molar-refractivity contribution in [2.45, 2.75) is 31.9 Å². The number of alkyl halides is 2. The lowest BCUT2D eigenvalue weighted by Crippen LogP contribution is -2.42. The van der Waals surface area contributed by atoms with Crippen LogP contribution < -0.4 is 16.0 Å². The first-order valence-electron chi connectivity index (χ1n) is 8.02. The van der Waals surface area contributed by atoms with Crippen LogP contribution in [-0.2, 0) is 6.54 Å². The molecule has 0 spiro atoms. The summed E-state index contributed by atoms with van der Waals surface area (Å²) in [5.41, 5.74) is 0.368. The second kappa shape index (κ2) is 7.97. The van der Waals surface area contributed by atoms with Gasteiger partial charge < -0.3 is 16.0 Å². The van der Waals surface area contributed by atoms with Crippen molar-refractivity contribution >= 4 is 17.7 Å². The van der Waals surface area contributed by atoms with E-state index in [1.165, 1.54) is 18.6 Å². The third-order valence-electron chi connectivity index (χ3n) is 3.79.